The molecule has 0 N–H and O–H groups in total. The molecule has 1 aliphatic rings. The zero-order chi connectivity index (χ0) is 23.2. The van der Waals surface area contributed by atoms with Gasteiger partial charge in [0.2, 0.25) is 11.7 Å². The van der Waals surface area contributed by atoms with Gasteiger partial charge in [-0.3, -0.25) is 0 Å². The average Bonchev–Trinajstić information content (AvgIpc) is 3.38. The largest absolute Gasteiger partial charge is 0.356 e. The van der Waals surface area contributed by atoms with Crippen LogP contribution in [-0.4, -0.2) is 39.5 Å². The Kier molecular flexibility index (Phi) is 7.46. The second kappa shape index (κ2) is 11.1. The molecule has 1 saturated heterocycles. The molecular formula is C26H27N5OS2. The van der Waals surface area contributed by atoms with Crippen LogP contribution in [0.4, 0.5) is 5.82 Å². The molecule has 1 fully saturated rings. The average molecular weight is 490 g/mol. The van der Waals surface area contributed by atoms with Gasteiger partial charge < -0.3 is 9.42 Å². The van der Waals surface area contributed by atoms with Crippen molar-refractivity contribution in [3.05, 3.63) is 78.3 Å². The first-order valence-corrected chi connectivity index (χ1v) is 13.7. The van der Waals surface area contributed by atoms with Gasteiger partial charge in [-0.15, -0.1) is 11.8 Å². The highest BCUT2D eigenvalue weighted by Crippen LogP contribution is 2.27. The third-order valence-corrected chi connectivity index (χ3v) is 7.66. The van der Waals surface area contributed by atoms with Crippen molar-refractivity contribution in [2.75, 3.05) is 24.2 Å². The van der Waals surface area contributed by atoms with Crippen molar-refractivity contribution in [3.8, 4) is 11.4 Å². The summed E-state index contributed by atoms with van der Waals surface area (Å²) in [7, 11) is 0. The molecule has 0 spiro atoms. The molecule has 2 aromatic heterocycles. The minimum absolute atomic E-state index is 0.540. The minimum Gasteiger partial charge on any atom is -0.356 e. The van der Waals surface area contributed by atoms with E-state index in [1.54, 1.807) is 11.8 Å². The van der Waals surface area contributed by atoms with E-state index in [1.807, 2.05) is 24.4 Å². The smallest absolute Gasteiger partial charge is 0.237 e. The monoisotopic (exact) mass is 489 g/mol. The van der Waals surface area contributed by atoms with Crippen LogP contribution < -0.4 is 4.90 Å². The topological polar surface area (TPSA) is 67.9 Å². The van der Waals surface area contributed by atoms with Crippen LogP contribution in [0.5, 0.6) is 0 Å². The second-order valence-corrected chi connectivity index (χ2v) is 10.2. The normalized spacial score (nSPS) is 14.4. The van der Waals surface area contributed by atoms with Crippen LogP contribution in [0.2, 0.25) is 0 Å². The maximum atomic E-state index is 5.45. The molecule has 0 aliphatic carbocycles. The zero-order valence-electron chi connectivity index (χ0n) is 19.1. The van der Waals surface area contributed by atoms with Gasteiger partial charge in [-0.05, 0) is 67.3 Å². The third-order valence-electron chi connectivity index (χ3n) is 6.07. The number of thioether (sulfide) groups is 2. The first-order chi connectivity index (χ1) is 16.8. The fraction of sp³-hybridized carbons (Fsp3) is 0.308. The number of hydrogen-bond acceptors (Lipinski definition) is 8. The van der Waals surface area contributed by atoms with E-state index in [1.165, 1.54) is 35.1 Å². The zero-order valence-corrected chi connectivity index (χ0v) is 20.8. The van der Waals surface area contributed by atoms with E-state index in [-0.39, 0.29) is 0 Å². The summed E-state index contributed by atoms with van der Waals surface area (Å²) in [5.74, 6) is 3.45. The number of hydrogen-bond donors (Lipinski definition) is 0. The molecule has 4 aromatic rings. The highest BCUT2D eigenvalue weighted by molar-refractivity contribution is 7.98. The lowest BCUT2D eigenvalue weighted by Crippen LogP contribution is -2.34. The van der Waals surface area contributed by atoms with Gasteiger partial charge >= 0.3 is 0 Å². The number of aromatic nitrogens is 4. The van der Waals surface area contributed by atoms with Crippen molar-refractivity contribution in [2.24, 2.45) is 5.92 Å². The molecule has 0 amide bonds. The van der Waals surface area contributed by atoms with Gasteiger partial charge in [0.05, 0.1) is 5.75 Å². The van der Waals surface area contributed by atoms with Crippen LogP contribution in [-0.2, 0) is 12.2 Å². The fourth-order valence-electron chi connectivity index (χ4n) is 4.19. The Balaban J connectivity index is 1.15. The van der Waals surface area contributed by atoms with E-state index >= 15 is 0 Å². The minimum atomic E-state index is 0.540. The number of anilines is 1. The molecular weight excluding hydrogens is 462 g/mol. The summed E-state index contributed by atoms with van der Waals surface area (Å²) in [5, 5.41) is 4.86. The maximum absolute atomic E-state index is 5.45. The summed E-state index contributed by atoms with van der Waals surface area (Å²) in [5.41, 5.74) is 2.38. The van der Waals surface area contributed by atoms with Crippen LogP contribution in [0, 0.1) is 5.92 Å². The van der Waals surface area contributed by atoms with Gasteiger partial charge in [-0.1, -0.05) is 47.3 Å². The summed E-state index contributed by atoms with van der Waals surface area (Å²) in [6, 6.07) is 21.0. The first-order valence-electron chi connectivity index (χ1n) is 11.5. The molecule has 6 nitrogen and oxygen atoms in total. The molecule has 8 heteroatoms. The standard InChI is InChI=1S/C26H27N5OS2/c1-33-22-9-7-21(8-10-22)25-29-24(32-30-25)18-34-26-27-14-11-23(28-26)31-15-12-20(13-16-31)17-19-5-3-2-4-6-19/h2-11,14,20H,12-13,15-18H2,1H3. The van der Waals surface area contributed by atoms with Gasteiger partial charge in [-0.2, -0.15) is 4.98 Å². The summed E-state index contributed by atoms with van der Waals surface area (Å²) in [4.78, 5) is 17.3. The predicted molar refractivity (Wildman–Crippen MR) is 138 cm³/mol. The van der Waals surface area contributed by atoms with E-state index in [9.17, 15) is 0 Å². The molecule has 34 heavy (non-hydrogen) atoms. The van der Waals surface area contributed by atoms with Gasteiger partial charge in [0.15, 0.2) is 5.16 Å². The quantitative estimate of drug-likeness (QED) is 0.220. The van der Waals surface area contributed by atoms with Crippen LogP contribution in [0.1, 0.15) is 24.3 Å². The second-order valence-electron chi connectivity index (χ2n) is 8.35. The first kappa shape index (κ1) is 22.9. The number of benzene rings is 2. The molecule has 0 unspecified atom stereocenters. The molecule has 2 aromatic carbocycles. The van der Waals surface area contributed by atoms with Crippen molar-refractivity contribution in [3.63, 3.8) is 0 Å². The Bertz CT molecular complexity index is 1190. The van der Waals surface area contributed by atoms with E-state index in [2.05, 4.69) is 68.7 Å². The lowest BCUT2D eigenvalue weighted by atomic mass is 9.90. The number of rotatable bonds is 8. The summed E-state index contributed by atoms with van der Waals surface area (Å²) >= 11 is 3.23. The molecule has 1 aliphatic heterocycles. The Morgan fingerprint density at radius 2 is 1.76 bits per heavy atom. The summed E-state index contributed by atoms with van der Waals surface area (Å²) < 4.78 is 5.45. The molecule has 174 valence electrons. The van der Waals surface area contributed by atoms with Crippen LogP contribution in [0.3, 0.4) is 0 Å². The molecule has 0 atom stereocenters. The summed E-state index contributed by atoms with van der Waals surface area (Å²) in [6.45, 7) is 2.06. The molecule has 0 radical (unpaired) electrons. The van der Waals surface area contributed by atoms with Gasteiger partial charge in [0.1, 0.15) is 5.82 Å². The Hall–Kier alpha value is -2.84. The van der Waals surface area contributed by atoms with Crippen LogP contribution in [0.25, 0.3) is 11.4 Å². The molecule has 3 heterocycles. The maximum Gasteiger partial charge on any atom is 0.237 e. The van der Waals surface area contributed by atoms with E-state index in [0.29, 0.717) is 17.5 Å². The van der Waals surface area contributed by atoms with E-state index < -0.39 is 0 Å². The lowest BCUT2D eigenvalue weighted by molar-refractivity contribution is 0.391. The van der Waals surface area contributed by atoms with E-state index in [4.69, 9.17) is 9.51 Å². The third kappa shape index (κ3) is 5.80. The van der Waals surface area contributed by atoms with Crippen LogP contribution >= 0.6 is 23.5 Å². The van der Waals surface area contributed by atoms with Crippen molar-refractivity contribution < 1.29 is 4.52 Å². The molecule has 0 saturated carbocycles. The highest BCUT2D eigenvalue weighted by Gasteiger charge is 2.21. The van der Waals surface area contributed by atoms with Crippen molar-refractivity contribution in [1.82, 2.24) is 20.1 Å². The fourth-order valence-corrected chi connectivity index (χ4v) is 5.26. The Morgan fingerprint density at radius 1 is 0.971 bits per heavy atom. The Labute approximate surface area is 208 Å². The summed E-state index contributed by atoms with van der Waals surface area (Å²) in [6.07, 6.45) is 7.43. The van der Waals surface area contributed by atoms with Crippen LogP contribution in [0.15, 0.2) is 81.4 Å². The predicted octanol–water partition coefficient (Wildman–Crippen LogP) is 6.00. The van der Waals surface area contributed by atoms with Gasteiger partial charge in [0.25, 0.3) is 0 Å². The van der Waals surface area contributed by atoms with Gasteiger partial charge in [0, 0.05) is 29.7 Å². The number of piperidine rings is 1. The SMILES string of the molecule is CSc1ccc(-c2noc(CSc3nccc(N4CCC(Cc5ccccc5)CC4)n3)n2)cc1. The van der Waals surface area contributed by atoms with Gasteiger partial charge in [-0.25, -0.2) is 9.97 Å². The Morgan fingerprint density at radius 3 is 2.53 bits per heavy atom. The molecule has 5 rings (SSSR count). The number of nitrogens with zero attached hydrogens (tertiary/aromatic N) is 5. The molecule has 0 bridgehead atoms. The lowest BCUT2D eigenvalue weighted by Gasteiger charge is -2.33. The van der Waals surface area contributed by atoms with Crippen molar-refractivity contribution >= 4 is 29.3 Å². The highest BCUT2D eigenvalue weighted by atomic mass is 32.2. The van der Waals surface area contributed by atoms with Crippen molar-refractivity contribution in [2.45, 2.75) is 35.1 Å². The van der Waals surface area contributed by atoms with Crippen molar-refractivity contribution in [1.29, 1.82) is 0 Å². The van der Waals surface area contributed by atoms with E-state index in [0.717, 1.165) is 42.0 Å².